The molecule has 16 heavy (non-hydrogen) atoms. The van der Waals surface area contributed by atoms with Crippen molar-refractivity contribution in [1.82, 2.24) is 0 Å². The monoisotopic (exact) mass is 215 g/mol. The van der Waals surface area contributed by atoms with Gasteiger partial charge in [0.05, 0.1) is 0 Å². The predicted octanol–water partition coefficient (Wildman–Crippen LogP) is 2.51. The summed E-state index contributed by atoms with van der Waals surface area (Å²) in [5, 5.41) is 0. The Morgan fingerprint density at radius 1 is 1.31 bits per heavy atom. The summed E-state index contributed by atoms with van der Waals surface area (Å²) in [4.78, 5) is 0. The fourth-order valence-corrected chi connectivity index (χ4v) is 2.45. The van der Waals surface area contributed by atoms with Gasteiger partial charge in [-0.1, -0.05) is 17.7 Å². The van der Waals surface area contributed by atoms with E-state index in [9.17, 15) is 0 Å². The number of hydrogen-bond donors (Lipinski definition) is 1. The van der Waals surface area contributed by atoms with Gasteiger partial charge in [-0.15, -0.1) is 0 Å². The van der Waals surface area contributed by atoms with Crippen LogP contribution in [0.2, 0.25) is 0 Å². The SMILES string of the molecule is CC1=Cc2cc(OC3CC(N)C3)ccc2C1. The van der Waals surface area contributed by atoms with E-state index in [1.165, 1.54) is 16.7 Å². The van der Waals surface area contributed by atoms with Crippen molar-refractivity contribution >= 4 is 6.08 Å². The topological polar surface area (TPSA) is 35.2 Å². The predicted molar refractivity (Wildman–Crippen MR) is 65.4 cm³/mol. The molecule has 1 aromatic rings. The lowest BCUT2D eigenvalue weighted by Crippen LogP contribution is -2.43. The standard InChI is InChI=1S/C14H17NO/c1-9-4-10-2-3-13(6-11(10)5-9)16-14-7-12(15)8-14/h2-3,5-6,12,14H,4,7-8,15H2,1H3. The first-order valence-corrected chi connectivity index (χ1v) is 5.93. The summed E-state index contributed by atoms with van der Waals surface area (Å²) in [6.45, 7) is 2.17. The maximum absolute atomic E-state index is 5.87. The van der Waals surface area contributed by atoms with E-state index in [4.69, 9.17) is 10.5 Å². The summed E-state index contributed by atoms with van der Waals surface area (Å²) >= 11 is 0. The summed E-state index contributed by atoms with van der Waals surface area (Å²) in [6, 6.07) is 6.75. The highest BCUT2D eigenvalue weighted by Crippen LogP contribution is 2.30. The van der Waals surface area contributed by atoms with Crippen LogP contribution in [0.15, 0.2) is 23.8 Å². The Kier molecular flexibility index (Phi) is 2.25. The van der Waals surface area contributed by atoms with E-state index < -0.39 is 0 Å². The van der Waals surface area contributed by atoms with Crippen molar-refractivity contribution in [3.63, 3.8) is 0 Å². The number of hydrogen-bond acceptors (Lipinski definition) is 2. The third-order valence-corrected chi connectivity index (χ3v) is 3.42. The first-order chi connectivity index (χ1) is 7.70. The highest BCUT2D eigenvalue weighted by atomic mass is 16.5. The Labute approximate surface area is 96.1 Å². The smallest absolute Gasteiger partial charge is 0.120 e. The molecule has 2 N–H and O–H groups in total. The molecule has 1 aromatic carbocycles. The first kappa shape index (κ1) is 9.91. The lowest BCUT2D eigenvalue weighted by atomic mass is 9.90. The van der Waals surface area contributed by atoms with E-state index in [0.29, 0.717) is 12.1 Å². The molecule has 3 rings (SSSR count). The van der Waals surface area contributed by atoms with Crippen LogP contribution in [0.1, 0.15) is 30.9 Å². The zero-order valence-electron chi connectivity index (χ0n) is 9.57. The lowest BCUT2D eigenvalue weighted by molar-refractivity contribution is 0.101. The minimum atomic E-state index is 0.333. The van der Waals surface area contributed by atoms with Crippen LogP contribution in [0.25, 0.3) is 6.08 Å². The van der Waals surface area contributed by atoms with Crippen LogP contribution in [0, 0.1) is 0 Å². The average Bonchev–Trinajstić information content (AvgIpc) is 2.55. The molecule has 0 aromatic heterocycles. The zero-order chi connectivity index (χ0) is 11.1. The molecule has 0 saturated heterocycles. The number of nitrogens with two attached hydrogens (primary N) is 1. The highest BCUT2D eigenvalue weighted by Gasteiger charge is 2.27. The van der Waals surface area contributed by atoms with Gasteiger partial charge in [0.1, 0.15) is 11.9 Å². The second-order valence-corrected chi connectivity index (χ2v) is 5.00. The fraction of sp³-hybridized carbons (Fsp3) is 0.429. The minimum Gasteiger partial charge on any atom is -0.490 e. The van der Waals surface area contributed by atoms with E-state index in [-0.39, 0.29) is 0 Å². The van der Waals surface area contributed by atoms with E-state index in [0.717, 1.165) is 25.0 Å². The molecular formula is C14H17NO. The molecular weight excluding hydrogens is 198 g/mol. The maximum atomic E-state index is 5.87. The second-order valence-electron chi connectivity index (χ2n) is 5.00. The summed E-state index contributed by atoms with van der Waals surface area (Å²) in [5.41, 5.74) is 9.90. The van der Waals surface area contributed by atoms with Gasteiger partial charge in [-0.2, -0.15) is 0 Å². The molecule has 0 atom stereocenters. The van der Waals surface area contributed by atoms with Crippen LogP contribution in [0.3, 0.4) is 0 Å². The van der Waals surface area contributed by atoms with Crippen LogP contribution in [-0.2, 0) is 6.42 Å². The molecule has 84 valence electrons. The van der Waals surface area contributed by atoms with E-state index in [1.54, 1.807) is 0 Å². The largest absolute Gasteiger partial charge is 0.490 e. The third kappa shape index (κ3) is 1.74. The molecule has 0 heterocycles. The molecule has 0 amide bonds. The molecule has 1 fully saturated rings. The molecule has 0 bridgehead atoms. The first-order valence-electron chi connectivity index (χ1n) is 5.93. The summed E-state index contributed by atoms with van der Waals surface area (Å²) < 4.78 is 5.87. The van der Waals surface area contributed by atoms with Gasteiger partial charge in [0.25, 0.3) is 0 Å². The van der Waals surface area contributed by atoms with Gasteiger partial charge >= 0.3 is 0 Å². The molecule has 1 saturated carbocycles. The zero-order valence-corrected chi connectivity index (χ0v) is 9.57. The molecule has 0 spiro atoms. The Hall–Kier alpha value is -1.28. The Bertz CT molecular complexity index is 444. The lowest BCUT2D eigenvalue weighted by Gasteiger charge is -2.32. The van der Waals surface area contributed by atoms with Gasteiger partial charge in [0.2, 0.25) is 0 Å². The van der Waals surface area contributed by atoms with Crippen LogP contribution < -0.4 is 10.5 Å². The number of allylic oxidation sites excluding steroid dienone is 1. The Morgan fingerprint density at radius 3 is 2.88 bits per heavy atom. The van der Waals surface area contributed by atoms with Gasteiger partial charge < -0.3 is 10.5 Å². The molecule has 2 heteroatoms. The van der Waals surface area contributed by atoms with E-state index in [2.05, 4.69) is 31.2 Å². The van der Waals surface area contributed by atoms with Gasteiger partial charge in [-0.25, -0.2) is 0 Å². The molecule has 0 unspecified atom stereocenters. The van der Waals surface area contributed by atoms with Crippen LogP contribution >= 0.6 is 0 Å². The summed E-state index contributed by atoms with van der Waals surface area (Å²) in [5.74, 6) is 0.988. The highest BCUT2D eigenvalue weighted by molar-refractivity contribution is 5.64. The minimum absolute atomic E-state index is 0.333. The number of fused-ring (bicyclic) bond motifs is 1. The van der Waals surface area contributed by atoms with Gasteiger partial charge in [-0.3, -0.25) is 0 Å². The van der Waals surface area contributed by atoms with Crippen molar-refractivity contribution in [2.45, 2.75) is 38.3 Å². The van der Waals surface area contributed by atoms with E-state index >= 15 is 0 Å². The third-order valence-electron chi connectivity index (χ3n) is 3.42. The van der Waals surface area contributed by atoms with Crippen molar-refractivity contribution in [1.29, 1.82) is 0 Å². The van der Waals surface area contributed by atoms with Gasteiger partial charge in [-0.05, 0) is 49.4 Å². The van der Waals surface area contributed by atoms with Crippen molar-refractivity contribution in [3.8, 4) is 5.75 Å². The molecule has 2 aliphatic carbocycles. The average molecular weight is 215 g/mol. The second kappa shape index (κ2) is 3.63. The van der Waals surface area contributed by atoms with Crippen molar-refractivity contribution in [2.24, 2.45) is 5.73 Å². The Morgan fingerprint density at radius 2 is 2.12 bits per heavy atom. The van der Waals surface area contributed by atoms with Crippen LogP contribution in [0.5, 0.6) is 5.75 Å². The number of ether oxygens (including phenoxy) is 1. The number of benzene rings is 1. The van der Waals surface area contributed by atoms with Crippen molar-refractivity contribution < 1.29 is 4.74 Å². The van der Waals surface area contributed by atoms with Crippen LogP contribution in [0.4, 0.5) is 0 Å². The fourth-order valence-electron chi connectivity index (χ4n) is 2.45. The maximum Gasteiger partial charge on any atom is 0.120 e. The molecule has 2 nitrogen and oxygen atoms in total. The summed E-state index contributed by atoms with van der Waals surface area (Å²) in [6.07, 6.45) is 5.65. The number of rotatable bonds is 2. The van der Waals surface area contributed by atoms with Gasteiger partial charge in [0.15, 0.2) is 0 Å². The van der Waals surface area contributed by atoms with E-state index in [1.807, 2.05) is 0 Å². The molecule has 2 aliphatic rings. The summed E-state index contributed by atoms with van der Waals surface area (Å²) in [7, 11) is 0. The quantitative estimate of drug-likeness (QED) is 0.822. The normalized spacial score (nSPS) is 27.0. The molecule has 0 radical (unpaired) electrons. The van der Waals surface area contributed by atoms with Crippen molar-refractivity contribution in [3.05, 3.63) is 34.9 Å². The molecule has 0 aliphatic heterocycles. The van der Waals surface area contributed by atoms with Crippen molar-refractivity contribution in [2.75, 3.05) is 0 Å². The van der Waals surface area contributed by atoms with Gasteiger partial charge in [0, 0.05) is 6.04 Å². The Balaban J connectivity index is 1.74. The van der Waals surface area contributed by atoms with Crippen LogP contribution in [-0.4, -0.2) is 12.1 Å².